The van der Waals surface area contributed by atoms with Gasteiger partial charge in [0.15, 0.2) is 9.84 Å². The maximum absolute atomic E-state index is 14.6. The average Bonchev–Trinajstić information content (AvgIpc) is 3.42. The molecule has 3 aliphatic rings. The summed E-state index contributed by atoms with van der Waals surface area (Å²) in [6, 6.07) is 17.5. The molecule has 0 unspecified atom stereocenters. The average molecular weight is 661 g/mol. The molecule has 234 valence electrons. The fourth-order valence-electron chi connectivity index (χ4n) is 7.16. The van der Waals surface area contributed by atoms with Crippen molar-refractivity contribution < 1.29 is 30.8 Å². The molecule has 1 aliphatic carbocycles. The van der Waals surface area contributed by atoms with E-state index in [1.54, 1.807) is 53.4 Å². The van der Waals surface area contributed by atoms with E-state index in [2.05, 4.69) is 0 Å². The number of carbonyl (C=O) groups is 1. The summed E-state index contributed by atoms with van der Waals surface area (Å²) in [6.07, 6.45) is 3.17. The van der Waals surface area contributed by atoms with Gasteiger partial charge in [-0.05, 0) is 79.6 Å². The highest BCUT2D eigenvalue weighted by Crippen LogP contribution is 2.53. The van der Waals surface area contributed by atoms with Crippen LogP contribution in [0.5, 0.6) is 5.75 Å². The van der Waals surface area contributed by atoms with Crippen molar-refractivity contribution in [3.8, 4) is 5.75 Å². The van der Waals surface area contributed by atoms with Crippen LogP contribution in [-0.4, -0.2) is 63.9 Å². The molecular weight excluding hydrogens is 627 g/mol. The summed E-state index contributed by atoms with van der Waals surface area (Å²) < 4.78 is 73.5. The van der Waals surface area contributed by atoms with Gasteiger partial charge in [0.1, 0.15) is 22.9 Å². The fourth-order valence-corrected chi connectivity index (χ4v) is 10.6. The van der Waals surface area contributed by atoms with Crippen molar-refractivity contribution in [3.63, 3.8) is 0 Å². The van der Waals surface area contributed by atoms with Crippen molar-refractivity contribution in [1.29, 1.82) is 0 Å². The van der Waals surface area contributed by atoms with E-state index in [1.165, 1.54) is 22.7 Å². The Bertz CT molecular complexity index is 1780. The van der Waals surface area contributed by atoms with Gasteiger partial charge < -0.3 is 9.64 Å². The summed E-state index contributed by atoms with van der Waals surface area (Å²) in [5.41, 5.74) is 1.70. The van der Waals surface area contributed by atoms with E-state index in [4.69, 9.17) is 16.3 Å². The Hall–Kier alpha value is -2.99. The van der Waals surface area contributed by atoms with Crippen LogP contribution < -0.4 is 4.74 Å². The quantitative estimate of drug-likeness (QED) is 0.356. The number of amides is 1. The molecule has 3 aromatic carbocycles. The minimum atomic E-state index is -3.97. The number of carbonyl (C=O) groups excluding carboxylic acids is 1. The number of ether oxygens (including phenoxy) is 1. The number of rotatable bonds is 7. The van der Waals surface area contributed by atoms with Crippen molar-refractivity contribution in [3.05, 3.63) is 94.3 Å². The molecule has 44 heavy (non-hydrogen) atoms. The van der Waals surface area contributed by atoms with Crippen molar-refractivity contribution in [2.24, 2.45) is 5.92 Å². The summed E-state index contributed by atoms with van der Waals surface area (Å²) in [6.45, 7) is 0.738. The fraction of sp³-hybridized carbons (Fsp3) is 0.406. The smallest absolute Gasteiger partial charge is 0.226 e. The zero-order valence-electron chi connectivity index (χ0n) is 24.3. The highest BCUT2D eigenvalue weighted by atomic mass is 35.5. The van der Waals surface area contributed by atoms with Crippen LogP contribution in [0.25, 0.3) is 0 Å². The number of aryl methyl sites for hydroxylation is 1. The first-order chi connectivity index (χ1) is 20.9. The Morgan fingerprint density at radius 1 is 0.977 bits per heavy atom. The van der Waals surface area contributed by atoms with Gasteiger partial charge in [0.2, 0.25) is 15.9 Å². The molecule has 3 aromatic rings. The lowest BCUT2D eigenvalue weighted by Crippen LogP contribution is -2.53. The van der Waals surface area contributed by atoms with Crippen molar-refractivity contribution in [2.45, 2.75) is 54.4 Å². The zero-order chi connectivity index (χ0) is 31.3. The molecule has 2 atom stereocenters. The summed E-state index contributed by atoms with van der Waals surface area (Å²) in [7, 11) is -7.31. The predicted octanol–water partition coefficient (Wildman–Crippen LogP) is 4.95. The van der Waals surface area contributed by atoms with E-state index in [0.29, 0.717) is 37.0 Å². The Kier molecular flexibility index (Phi) is 8.28. The number of piperidine rings is 1. The Morgan fingerprint density at radius 3 is 2.39 bits per heavy atom. The second-order valence-electron chi connectivity index (χ2n) is 11.8. The molecular formula is C32H34ClFN2O6S2. The molecule has 0 aromatic heterocycles. The van der Waals surface area contributed by atoms with Gasteiger partial charge >= 0.3 is 0 Å². The number of halogens is 2. The van der Waals surface area contributed by atoms with Crippen molar-refractivity contribution in [2.75, 3.05) is 25.9 Å². The molecule has 6 rings (SSSR count). The van der Waals surface area contributed by atoms with Crippen molar-refractivity contribution >= 4 is 37.4 Å². The lowest BCUT2D eigenvalue weighted by molar-refractivity contribution is -0.138. The topological polar surface area (TPSA) is 101 Å². The monoisotopic (exact) mass is 660 g/mol. The standard InChI is InChI=1S/C32H34ClFN2O6S2/c1-43(38,39)35-17-14-22(15-18-35)31(37)36-19-16-32(44(40,41)25-6-3-2-4-7-25)27-12-11-24(20-23(27)10-13-30(32)36)42-21-26-28(33)8-5-9-29(26)34/h2-9,11-12,20,22,30H,10,13-19,21H2,1H3/t30-,32-/m1/s1. The normalized spacial score (nSPS) is 22.8. The van der Waals surface area contributed by atoms with Gasteiger partial charge in [-0.1, -0.05) is 41.9 Å². The molecule has 0 saturated carbocycles. The number of nitrogens with zero attached hydrogens (tertiary/aromatic N) is 2. The molecule has 0 bridgehead atoms. The largest absolute Gasteiger partial charge is 0.489 e. The van der Waals surface area contributed by atoms with Crippen LogP contribution in [0.1, 0.15) is 42.4 Å². The zero-order valence-corrected chi connectivity index (χ0v) is 26.7. The number of hydrogen-bond donors (Lipinski definition) is 0. The van der Waals surface area contributed by atoms with Gasteiger partial charge in [-0.25, -0.2) is 25.5 Å². The Labute approximate surface area is 262 Å². The van der Waals surface area contributed by atoms with Crippen molar-refractivity contribution in [1.82, 2.24) is 9.21 Å². The van der Waals surface area contributed by atoms with E-state index in [-0.39, 0.29) is 60.0 Å². The van der Waals surface area contributed by atoms with Crippen LogP contribution in [0.4, 0.5) is 4.39 Å². The molecule has 0 spiro atoms. The number of sulfonamides is 1. The highest BCUT2D eigenvalue weighted by Gasteiger charge is 2.61. The van der Waals surface area contributed by atoms with Gasteiger partial charge in [-0.15, -0.1) is 0 Å². The van der Waals surface area contributed by atoms with Crippen LogP contribution in [-0.2, 0) is 42.4 Å². The third-order valence-corrected chi connectivity index (χ3v) is 13.6. The maximum Gasteiger partial charge on any atom is 0.226 e. The van der Waals surface area contributed by atoms with Crippen LogP contribution in [0.2, 0.25) is 5.02 Å². The minimum Gasteiger partial charge on any atom is -0.489 e. The number of benzene rings is 3. The van der Waals surface area contributed by atoms with Gasteiger partial charge in [0.25, 0.3) is 0 Å². The third kappa shape index (κ3) is 5.31. The molecule has 12 heteroatoms. The maximum atomic E-state index is 14.6. The second kappa shape index (κ2) is 11.7. The minimum absolute atomic E-state index is 0.0825. The number of sulfone groups is 1. The summed E-state index contributed by atoms with van der Waals surface area (Å²) in [5.74, 6) is -0.481. The van der Waals surface area contributed by atoms with E-state index >= 15 is 0 Å². The van der Waals surface area contributed by atoms with E-state index < -0.39 is 36.5 Å². The third-order valence-electron chi connectivity index (χ3n) is 9.39. The van der Waals surface area contributed by atoms with Crippen LogP contribution >= 0.6 is 11.6 Å². The lowest BCUT2D eigenvalue weighted by Gasteiger charge is -2.43. The van der Waals surface area contributed by atoms with Crippen LogP contribution in [0.3, 0.4) is 0 Å². The molecule has 1 amide bonds. The van der Waals surface area contributed by atoms with E-state index in [0.717, 1.165) is 5.56 Å². The molecule has 2 fully saturated rings. The van der Waals surface area contributed by atoms with Gasteiger partial charge in [-0.2, -0.15) is 0 Å². The van der Waals surface area contributed by atoms with Gasteiger partial charge in [-0.3, -0.25) is 4.79 Å². The number of fused-ring (bicyclic) bond motifs is 3. The molecule has 2 heterocycles. The van der Waals surface area contributed by atoms with Gasteiger partial charge in [0, 0.05) is 31.1 Å². The predicted molar refractivity (Wildman–Crippen MR) is 165 cm³/mol. The SMILES string of the molecule is CS(=O)(=O)N1CCC(C(=O)N2CC[C@@]3(S(=O)(=O)c4ccccc4)c4ccc(OCc5c(F)cccc5Cl)cc4CC[C@@H]23)CC1. The van der Waals surface area contributed by atoms with E-state index in [9.17, 15) is 26.0 Å². The first-order valence-electron chi connectivity index (χ1n) is 14.7. The molecule has 0 N–H and O–H groups in total. The summed E-state index contributed by atoms with van der Waals surface area (Å²) in [4.78, 5) is 15.9. The second-order valence-corrected chi connectivity index (χ2v) is 16.4. The van der Waals surface area contributed by atoms with Crippen LogP contribution in [0, 0.1) is 11.7 Å². The first kappa shape index (κ1) is 31.0. The molecule has 2 saturated heterocycles. The Balaban J connectivity index is 1.33. The van der Waals surface area contributed by atoms with Crippen LogP contribution in [0.15, 0.2) is 71.6 Å². The Morgan fingerprint density at radius 2 is 1.70 bits per heavy atom. The highest BCUT2D eigenvalue weighted by molar-refractivity contribution is 7.92. The van der Waals surface area contributed by atoms with E-state index in [1.807, 2.05) is 6.07 Å². The molecule has 0 radical (unpaired) electrons. The number of likely N-dealkylation sites (tertiary alicyclic amines) is 1. The van der Waals surface area contributed by atoms with Gasteiger partial charge in [0.05, 0.1) is 22.2 Å². The first-order valence-corrected chi connectivity index (χ1v) is 18.4. The summed E-state index contributed by atoms with van der Waals surface area (Å²) in [5, 5.41) is 0.261. The number of hydrogen-bond acceptors (Lipinski definition) is 6. The summed E-state index contributed by atoms with van der Waals surface area (Å²) >= 11 is 6.17. The lowest BCUT2D eigenvalue weighted by atomic mass is 9.78. The molecule has 8 nitrogen and oxygen atoms in total. The molecule has 2 aliphatic heterocycles.